The van der Waals surface area contributed by atoms with Gasteiger partial charge in [0.2, 0.25) is 0 Å². The maximum Gasteiger partial charge on any atom is 0.348 e. The van der Waals surface area contributed by atoms with Gasteiger partial charge < -0.3 is 24.3 Å². The van der Waals surface area contributed by atoms with Crippen molar-refractivity contribution in [2.75, 3.05) is 19.0 Å². The lowest BCUT2D eigenvalue weighted by Crippen LogP contribution is -2.41. The van der Waals surface area contributed by atoms with Crippen LogP contribution in [0.25, 0.3) is 6.08 Å². The fourth-order valence-corrected chi connectivity index (χ4v) is 3.15. The van der Waals surface area contributed by atoms with Crippen LogP contribution in [0.5, 0.6) is 11.5 Å². The van der Waals surface area contributed by atoms with Crippen LogP contribution in [0, 0.1) is 0 Å². The molecule has 3 rings (SSSR count). The summed E-state index contributed by atoms with van der Waals surface area (Å²) in [5.41, 5.74) is 0.621. The highest BCUT2D eigenvalue weighted by Crippen LogP contribution is 2.29. The minimum absolute atomic E-state index is 0.277. The number of hydrogen-bond acceptors (Lipinski definition) is 7. The molecule has 1 heterocycles. The van der Waals surface area contributed by atoms with Crippen molar-refractivity contribution in [1.29, 1.82) is 0 Å². The van der Waals surface area contributed by atoms with E-state index in [4.69, 9.17) is 18.9 Å². The van der Waals surface area contributed by atoms with Gasteiger partial charge in [-0.2, -0.15) is 0 Å². The lowest BCUT2D eigenvalue weighted by atomic mass is 10.1. The molecule has 31 heavy (non-hydrogen) atoms. The summed E-state index contributed by atoms with van der Waals surface area (Å²) in [5.74, 6) is -2.55. The molecule has 1 saturated heterocycles. The number of anilines is 1. The molecule has 0 aliphatic carbocycles. The SMILES string of the molecule is COc1ccccc1NC(=O)COc1ccc(Br)cc1C=C1C(=O)OC(C)(C)OC1=O. The largest absolute Gasteiger partial charge is 0.495 e. The van der Waals surface area contributed by atoms with E-state index in [0.29, 0.717) is 21.5 Å². The fourth-order valence-electron chi connectivity index (χ4n) is 2.78. The summed E-state index contributed by atoms with van der Waals surface area (Å²) in [6.45, 7) is 2.62. The molecule has 0 radical (unpaired) electrons. The first-order valence-corrected chi connectivity index (χ1v) is 10.0. The van der Waals surface area contributed by atoms with Crippen LogP contribution in [-0.4, -0.2) is 37.3 Å². The standard InChI is InChI=1S/C22H20BrNO7/c1-22(2)30-20(26)15(21(27)31-22)11-13-10-14(23)8-9-17(13)29-12-19(25)24-16-6-4-5-7-18(16)28-3/h4-11H,12H2,1-3H3,(H,24,25). The van der Waals surface area contributed by atoms with Gasteiger partial charge in [0.1, 0.15) is 17.1 Å². The number of amides is 1. The molecule has 1 aliphatic rings. The Morgan fingerprint density at radius 2 is 1.77 bits per heavy atom. The highest BCUT2D eigenvalue weighted by atomic mass is 79.9. The maximum absolute atomic E-state index is 12.3. The summed E-state index contributed by atoms with van der Waals surface area (Å²) in [7, 11) is 1.51. The molecular weight excluding hydrogens is 470 g/mol. The van der Waals surface area contributed by atoms with Crippen molar-refractivity contribution in [3.63, 3.8) is 0 Å². The first-order valence-electron chi connectivity index (χ1n) is 9.22. The van der Waals surface area contributed by atoms with Crippen LogP contribution in [0.4, 0.5) is 5.69 Å². The second kappa shape index (κ2) is 9.22. The zero-order valence-electron chi connectivity index (χ0n) is 17.1. The van der Waals surface area contributed by atoms with Crippen molar-refractivity contribution < 1.29 is 33.3 Å². The van der Waals surface area contributed by atoms with Gasteiger partial charge in [0.25, 0.3) is 11.7 Å². The third kappa shape index (κ3) is 5.64. The number of ether oxygens (including phenoxy) is 4. The van der Waals surface area contributed by atoms with E-state index in [0.717, 1.165) is 0 Å². The Morgan fingerprint density at radius 3 is 2.45 bits per heavy atom. The fraction of sp³-hybridized carbons (Fsp3) is 0.227. The minimum Gasteiger partial charge on any atom is -0.495 e. The topological polar surface area (TPSA) is 100 Å². The molecule has 8 nitrogen and oxygen atoms in total. The van der Waals surface area contributed by atoms with Gasteiger partial charge in [0.05, 0.1) is 12.8 Å². The van der Waals surface area contributed by atoms with Crippen molar-refractivity contribution in [2.24, 2.45) is 0 Å². The number of methoxy groups -OCH3 is 1. The van der Waals surface area contributed by atoms with E-state index in [2.05, 4.69) is 21.2 Å². The molecule has 0 aromatic heterocycles. The normalized spacial score (nSPS) is 14.9. The zero-order valence-corrected chi connectivity index (χ0v) is 18.6. The number of carbonyl (C=O) groups is 3. The molecule has 0 spiro atoms. The smallest absolute Gasteiger partial charge is 0.348 e. The highest BCUT2D eigenvalue weighted by molar-refractivity contribution is 9.10. The summed E-state index contributed by atoms with van der Waals surface area (Å²) in [4.78, 5) is 36.8. The number of halogens is 1. The quantitative estimate of drug-likeness (QED) is 0.375. The van der Waals surface area contributed by atoms with Gasteiger partial charge in [-0.15, -0.1) is 0 Å². The molecule has 1 N–H and O–H groups in total. The molecule has 1 amide bonds. The molecule has 0 atom stereocenters. The van der Waals surface area contributed by atoms with E-state index in [1.807, 2.05) is 0 Å². The number of carbonyl (C=O) groups excluding carboxylic acids is 3. The van der Waals surface area contributed by atoms with Gasteiger partial charge in [-0.3, -0.25) is 4.79 Å². The Kier molecular flexibility index (Phi) is 6.65. The second-order valence-corrected chi connectivity index (χ2v) is 7.87. The number of benzene rings is 2. The van der Waals surface area contributed by atoms with Gasteiger partial charge in [-0.05, 0) is 36.4 Å². The van der Waals surface area contributed by atoms with E-state index < -0.39 is 23.6 Å². The van der Waals surface area contributed by atoms with Gasteiger partial charge in [0, 0.05) is 23.9 Å². The maximum atomic E-state index is 12.3. The third-order valence-electron chi connectivity index (χ3n) is 4.13. The summed E-state index contributed by atoms with van der Waals surface area (Å²) >= 11 is 3.34. The lowest BCUT2D eigenvalue weighted by molar-refractivity contribution is -0.222. The molecule has 9 heteroatoms. The third-order valence-corrected chi connectivity index (χ3v) is 4.62. The monoisotopic (exact) mass is 489 g/mol. The summed E-state index contributed by atoms with van der Waals surface area (Å²) in [6, 6.07) is 11.9. The minimum atomic E-state index is -1.33. The predicted octanol–water partition coefficient (Wildman–Crippen LogP) is 3.69. The number of nitrogens with one attached hydrogen (secondary N) is 1. The first-order chi connectivity index (χ1) is 14.7. The van der Waals surface area contributed by atoms with Crippen molar-refractivity contribution in [3.8, 4) is 11.5 Å². The van der Waals surface area contributed by atoms with Crippen LogP contribution in [0.1, 0.15) is 19.4 Å². The first kappa shape index (κ1) is 22.4. The number of rotatable bonds is 6. The van der Waals surface area contributed by atoms with Crippen LogP contribution >= 0.6 is 15.9 Å². The molecule has 0 saturated carbocycles. The van der Waals surface area contributed by atoms with Crippen LogP contribution in [0.3, 0.4) is 0 Å². The van der Waals surface area contributed by atoms with E-state index in [1.54, 1.807) is 42.5 Å². The van der Waals surface area contributed by atoms with Gasteiger partial charge in [-0.1, -0.05) is 28.1 Å². The molecular formula is C22H20BrNO7. The molecule has 2 aromatic carbocycles. The molecule has 0 unspecified atom stereocenters. The van der Waals surface area contributed by atoms with Crippen LogP contribution in [0.15, 0.2) is 52.5 Å². The number of para-hydroxylation sites is 2. The van der Waals surface area contributed by atoms with E-state index in [9.17, 15) is 14.4 Å². The number of hydrogen-bond donors (Lipinski definition) is 1. The summed E-state index contributed by atoms with van der Waals surface area (Å²) in [6.07, 6.45) is 1.30. The van der Waals surface area contributed by atoms with Gasteiger partial charge in [-0.25, -0.2) is 9.59 Å². The summed E-state index contributed by atoms with van der Waals surface area (Å²) in [5, 5.41) is 2.71. The Morgan fingerprint density at radius 1 is 1.10 bits per heavy atom. The average molecular weight is 490 g/mol. The Labute approximate surface area is 187 Å². The van der Waals surface area contributed by atoms with Gasteiger partial charge >= 0.3 is 11.9 Å². The molecule has 1 aliphatic heterocycles. The van der Waals surface area contributed by atoms with Crippen LogP contribution in [-0.2, 0) is 23.9 Å². The lowest BCUT2D eigenvalue weighted by Gasteiger charge is -2.29. The van der Waals surface area contributed by atoms with Crippen LogP contribution in [0.2, 0.25) is 0 Å². The Bertz CT molecular complexity index is 1040. The van der Waals surface area contributed by atoms with E-state index in [-0.39, 0.29) is 17.9 Å². The summed E-state index contributed by atoms with van der Waals surface area (Å²) < 4.78 is 21.7. The van der Waals surface area contributed by atoms with Crippen molar-refractivity contribution >= 4 is 45.5 Å². The zero-order chi connectivity index (χ0) is 22.6. The second-order valence-electron chi connectivity index (χ2n) is 6.96. The Hall–Kier alpha value is -3.33. The van der Waals surface area contributed by atoms with E-state index >= 15 is 0 Å². The van der Waals surface area contributed by atoms with Crippen molar-refractivity contribution in [3.05, 3.63) is 58.1 Å². The van der Waals surface area contributed by atoms with Gasteiger partial charge in [0.15, 0.2) is 6.61 Å². The van der Waals surface area contributed by atoms with Crippen molar-refractivity contribution in [1.82, 2.24) is 0 Å². The predicted molar refractivity (Wildman–Crippen MR) is 116 cm³/mol. The van der Waals surface area contributed by atoms with E-state index in [1.165, 1.54) is 27.0 Å². The van der Waals surface area contributed by atoms with Crippen molar-refractivity contribution in [2.45, 2.75) is 19.6 Å². The Balaban J connectivity index is 1.77. The molecule has 162 valence electrons. The number of esters is 2. The molecule has 2 aromatic rings. The average Bonchev–Trinajstić information content (AvgIpc) is 2.69. The molecule has 1 fully saturated rings. The van der Waals surface area contributed by atoms with Crippen LogP contribution < -0.4 is 14.8 Å². The number of cyclic esters (lactones) is 2. The highest BCUT2D eigenvalue weighted by Gasteiger charge is 2.39. The molecule has 0 bridgehead atoms.